The van der Waals surface area contributed by atoms with Gasteiger partial charge in [-0.15, -0.1) is 0 Å². The van der Waals surface area contributed by atoms with Gasteiger partial charge in [-0.25, -0.2) is 0 Å². The zero-order valence-corrected chi connectivity index (χ0v) is 18.0. The van der Waals surface area contributed by atoms with Gasteiger partial charge in [0.25, 0.3) is 5.91 Å². The van der Waals surface area contributed by atoms with Gasteiger partial charge in [0, 0.05) is 43.3 Å². The van der Waals surface area contributed by atoms with E-state index in [1.807, 2.05) is 23.1 Å². The molecule has 6 nitrogen and oxygen atoms in total. The summed E-state index contributed by atoms with van der Waals surface area (Å²) in [5.74, 6) is 0.969. The molecule has 0 radical (unpaired) electrons. The lowest BCUT2D eigenvalue weighted by Gasteiger charge is -2.31. The number of nitrogens with zero attached hydrogens (tertiary/aromatic N) is 2. The van der Waals surface area contributed by atoms with Crippen LogP contribution in [0.25, 0.3) is 0 Å². The van der Waals surface area contributed by atoms with Crippen LogP contribution in [0.4, 0.5) is 0 Å². The molecule has 2 saturated heterocycles. The first-order chi connectivity index (χ1) is 15.3. The number of ether oxygens (including phenoxy) is 2. The molecule has 2 fully saturated rings. The molecule has 2 aromatic rings. The van der Waals surface area contributed by atoms with Crippen molar-refractivity contribution in [3.63, 3.8) is 0 Å². The Labute approximate surface area is 184 Å². The smallest absolute Gasteiger partial charge is 0.254 e. The van der Waals surface area contributed by atoms with Gasteiger partial charge in [-0.2, -0.15) is 0 Å². The summed E-state index contributed by atoms with van der Waals surface area (Å²) in [5, 5.41) is 3.42. The molecule has 0 aromatic heterocycles. The first-order valence-corrected chi connectivity index (χ1v) is 11.4. The summed E-state index contributed by atoms with van der Waals surface area (Å²) in [7, 11) is 0. The monoisotopic (exact) mass is 421 g/mol. The van der Waals surface area contributed by atoms with Gasteiger partial charge in [0.15, 0.2) is 0 Å². The number of benzene rings is 2. The molecule has 0 saturated carbocycles. The fourth-order valence-electron chi connectivity index (χ4n) is 4.78. The number of hydrogen-bond acceptors (Lipinski definition) is 5. The van der Waals surface area contributed by atoms with Gasteiger partial charge in [0.05, 0.1) is 19.8 Å². The number of rotatable bonds is 6. The first-order valence-electron chi connectivity index (χ1n) is 11.4. The van der Waals surface area contributed by atoms with Crippen molar-refractivity contribution in [2.24, 2.45) is 0 Å². The third-order valence-electron chi connectivity index (χ3n) is 6.59. The van der Waals surface area contributed by atoms with Crippen LogP contribution >= 0.6 is 0 Å². The summed E-state index contributed by atoms with van der Waals surface area (Å²) < 4.78 is 11.6. The molecule has 0 spiro atoms. The maximum atomic E-state index is 13.0. The van der Waals surface area contributed by atoms with Crippen LogP contribution in [-0.4, -0.2) is 61.1 Å². The Balaban J connectivity index is 1.21. The Morgan fingerprint density at radius 3 is 2.65 bits per heavy atom. The lowest BCUT2D eigenvalue weighted by atomic mass is 10.1. The van der Waals surface area contributed by atoms with Crippen LogP contribution in [0.2, 0.25) is 0 Å². The molecule has 2 aromatic carbocycles. The highest BCUT2D eigenvalue weighted by molar-refractivity contribution is 5.99. The molecule has 0 aliphatic carbocycles. The molecular weight excluding hydrogens is 390 g/mol. The highest BCUT2D eigenvalue weighted by Gasteiger charge is 2.35. The van der Waals surface area contributed by atoms with Crippen molar-refractivity contribution in [2.75, 3.05) is 39.4 Å². The topological polar surface area (TPSA) is 54.0 Å². The first kappa shape index (κ1) is 20.5. The molecule has 1 N–H and O–H groups in total. The molecule has 0 bridgehead atoms. The minimum Gasteiger partial charge on any atom is -0.489 e. The maximum Gasteiger partial charge on any atom is 0.254 e. The van der Waals surface area contributed by atoms with E-state index in [4.69, 9.17) is 9.47 Å². The maximum absolute atomic E-state index is 13.0. The van der Waals surface area contributed by atoms with E-state index >= 15 is 0 Å². The third kappa shape index (κ3) is 4.61. The van der Waals surface area contributed by atoms with Crippen molar-refractivity contribution in [1.29, 1.82) is 0 Å². The molecule has 5 rings (SSSR count). The van der Waals surface area contributed by atoms with Crippen molar-refractivity contribution < 1.29 is 14.3 Å². The predicted octanol–water partition coefficient (Wildman–Crippen LogP) is 2.81. The molecule has 164 valence electrons. The molecule has 6 heteroatoms. The summed E-state index contributed by atoms with van der Waals surface area (Å²) >= 11 is 0. The molecule has 1 amide bonds. The predicted molar refractivity (Wildman–Crippen MR) is 119 cm³/mol. The summed E-state index contributed by atoms with van der Waals surface area (Å²) in [6, 6.07) is 14.8. The highest BCUT2D eigenvalue weighted by atomic mass is 16.5. The number of amides is 1. The van der Waals surface area contributed by atoms with Crippen LogP contribution in [0.15, 0.2) is 42.5 Å². The van der Waals surface area contributed by atoms with Crippen LogP contribution in [0, 0.1) is 0 Å². The number of nitrogens with one attached hydrogen (secondary N) is 1. The summed E-state index contributed by atoms with van der Waals surface area (Å²) in [6.45, 7) is 7.69. The normalized spacial score (nSPS) is 21.9. The fraction of sp³-hybridized carbons (Fsp3) is 0.480. The Kier molecular flexibility index (Phi) is 6.20. The van der Waals surface area contributed by atoms with Crippen molar-refractivity contribution in [2.45, 2.75) is 38.6 Å². The average molecular weight is 422 g/mol. The number of carbonyl (C=O) groups excluding carboxylic acids is 1. The van der Waals surface area contributed by atoms with Crippen LogP contribution in [0.5, 0.6) is 5.75 Å². The minimum atomic E-state index is 0.140. The number of fused-ring (bicyclic) bond motifs is 1. The largest absolute Gasteiger partial charge is 0.489 e. The Hall–Kier alpha value is -2.41. The van der Waals surface area contributed by atoms with Crippen LogP contribution in [-0.2, 0) is 24.4 Å². The Bertz CT molecular complexity index is 903. The van der Waals surface area contributed by atoms with Gasteiger partial charge in [0.2, 0.25) is 0 Å². The van der Waals surface area contributed by atoms with E-state index in [1.165, 1.54) is 5.56 Å². The van der Waals surface area contributed by atoms with Crippen molar-refractivity contribution >= 4 is 5.91 Å². The van der Waals surface area contributed by atoms with Crippen molar-refractivity contribution in [1.82, 2.24) is 15.1 Å². The van der Waals surface area contributed by atoms with Crippen LogP contribution in [0.1, 0.15) is 39.9 Å². The zero-order valence-electron chi connectivity index (χ0n) is 18.0. The molecule has 1 atom stereocenters. The van der Waals surface area contributed by atoms with Crippen molar-refractivity contribution in [3.05, 3.63) is 64.7 Å². The SMILES string of the molecule is O=C1c2cccc(OCc3ccc(CN4CCOCC4)cc3)c2CN1[C@H]1CCCNC1. The van der Waals surface area contributed by atoms with Gasteiger partial charge in [-0.1, -0.05) is 30.3 Å². The summed E-state index contributed by atoms with van der Waals surface area (Å²) in [4.78, 5) is 17.4. The van der Waals surface area contributed by atoms with E-state index in [-0.39, 0.29) is 11.9 Å². The van der Waals surface area contributed by atoms with Crippen LogP contribution < -0.4 is 10.1 Å². The lowest BCUT2D eigenvalue weighted by Crippen LogP contribution is -2.46. The molecule has 31 heavy (non-hydrogen) atoms. The van der Waals surface area contributed by atoms with Gasteiger partial charge in [-0.3, -0.25) is 9.69 Å². The second-order valence-corrected chi connectivity index (χ2v) is 8.71. The fourth-order valence-corrected chi connectivity index (χ4v) is 4.78. The number of piperidine rings is 1. The van der Waals surface area contributed by atoms with E-state index in [9.17, 15) is 4.79 Å². The van der Waals surface area contributed by atoms with E-state index in [2.05, 4.69) is 34.5 Å². The molecule has 0 unspecified atom stereocenters. The minimum absolute atomic E-state index is 0.140. The quantitative estimate of drug-likeness (QED) is 0.777. The summed E-state index contributed by atoms with van der Waals surface area (Å²) in [6.07, 6.45) is 2.19. The number of carbonyl (C=O) groups is 1. The van der Waals surface area contributed by atoms with Gasteiger partial charge in [0.1, 0.15) is 12.4 Å². The standard InChI is InChI=1S/C25H31N3O3/c29-25-22-4-1-5-24(23(22)17-28(25)21-3-2-10-26-15-21)31-18-20-8-6-19(7-9-20)16-27-11-13-30-14-12-27/h1,4-9,21,26H,2-3,10-18H2/t21-/m0/s1. The Morgan fingerprint density at radius 2 is 1.87 bits per heavy atom. The van der Waals surface area contributed by atoms with Gasteiger partial charge in [-0.05, 0) is 42.6 Å². The van der Waals surface area contributed by atoms with Gasteiger partial charge < -0.3 is 19.7 Å². The number of morpholine rings is 1. The highest BCUT2D eigenvalue weighted by Crippen LogP contribution is 2.33. The second kappa shape index (κ2) is 9.39. The van der Waals surface area contributed by atoms with E-state index in [1.54, 1.807) is 0 Å². The Morgan fingerprint density at radius 1 is 1.06 bits per heavy atom. The zero-order chi connectivity index (χ0) is 21.0. The summed E-state index contributed by atoms with van der Waals surface area (Å²) in [5.41, 5.74) is 4.28. The lowest BCUT2D eigenvalue weighted by molar-refractivity contribution is 0.0342. The van der Waals surface area contributed by atoms with Crippen LogP contribution in [0.3, 0.4) is 0 Å². The van der Waals surface area contributed by atoms with Crippen molar-refractivity contribution in [3.8, 4) is 5.75 Å². The molecular formula is C25H31N3O3. The van der Waals surface area contributed by atoms with E-state index in [0.717, 1.165) is 81.2 Å². The van der Waals surface area contributed by atoms with E-state index < -0.39 is 0 Å². The van der Waals surface area contributed by atoms with E-state index in [0.29, 0.717) is 13.2 Å². The third-order valence-corrected chi connectivity index (χ3v) is 6.59. The van der Waals surface area contributed by atoms with Gasteiger partial charge >= 0.3 is 0 Å². The molecule has 3 aliphatic heterocycles. The molecule has 3 aliphatic rings. The molecule has 3 heterocycles. The second-order valence-electron chi connectivity index (χ2n) is 8.71. The average Bonchev–Trinajstić information content (AvgIpc) is 3.17. The number of hydrogen-bond donors (Lipinski definition) is 1.